The van der Waals surface area contributed by atoms with Crippen LogP contribution in [-0.2, 0) is 65.4 Å². The van der Waals surface area contributed by atoms with Gasteiger partial charge in [-0.15, -0.1) is 0 Å². The first kappa shape index (κ1) is 92.1. The van der Waals surface area contributed by atoms with Crippen LogP contribution in [0.1, 0.15) is 388 Å². The molecule has 558 valence electrons. The molecule has 3 N–H and O–H groups in total. The third-order valence-electron chi connectivity index (χ3n) is 17.5. The molecule has 0 aliphatic heterocycles. The Morgan fingerprint density at radius 1 is 0.287 bits per heavy atom. The number of unbranched alkanes of at least 4 members (excludes halogenated alkanes) is 44. The zero-order valence-corrected chi connectivity index (χ0v) is 63.1. The molecule has 0 fully saturated rings. The Morgan fingerprint density at radius 2 is 0.489 bits per heavy atom. The van der Waals surface area contributed by atoms with Crippen LogP contribution in [0, 0.1) is 11.8 Å². The minimum Gasteiger partial charge on any atom is -0.462 e. The van der Waals surface area contributed by atoms with Crippen molar-refractivity contribution in [2.45, 2.75) is 407 Å². The molecule has 0 aliphatic rings. The number of esters is 4. The van der Waals surface area contributed by atoms with E-state index in [2.05, 4.69) is 41.5 Å². The topological polar surface area (TPSA) is 237 Å². The molecular weight excluding hydrogens is 1230 g/mol. The van der Waals surface area contributed by atoms with E-state index in [-0.39, 0.29) is 25.7 Å². The predicted octanol–water partition coefficient (Wildman–Crippen LogP) is 21.9. The van der Waals surface area contributed by atoms with E-state index in [1.54, 1.807) is 0 Å². The summed E-state index contributed by atoms with van der Waals surface area (Å²) in [7, 11) is -9.90. The Hall–Kier alpha value is -1.94. The lowest BCUT2D eigenvalue weighted by molar-refractivity contribution is -0.161. The van der Waals surface area contributed by atoms with Crippen LogP contribution >= 0.6 is 15.6 Å². The van der Waals surface area contributed by atoms with Gasteiger partial charge in [0.2, 0.25) is 0 Å². The van der Waals surface area contributed by atoms with Crippen molar-refractivity contribution >= 4 is 39.5 Å². The Kier molecular flexibility index (Phi) is 65.5. The standard InChI is InChI=1S/C75H146O17P2/c1-7-9-11-13-15-17-18-19-20-21-22-26-29-32-35-39-46-52-58-73(78)86-63-70(91-74(79)59-53-47-40-36-33-30-27-24-23-25-28-31-34-37-43-49-55-67(3)4)65-89-93(81,82)87-61-69(76)62-88-94(83,84)90-66-71(64-85-72(77)57-51-45-38-16-14-12-10-8-2)92-75(80)60-54-48-42-41-44-50-56-68(5)6/h67-71,76H,7-66H2,1-6H3,(H,81,82)(H,83,84)/t69-,70-,71-/m1/s1. The maximum absolute atomic E-state index is 13.1. The Morgan fingerprint density at radius 3 is 0.723 bits per heavy atom. The van der Waals surface area contributed by atoms with Gasteiger partial charge in [-0.1, -0.05) is 337 Å². The summed E-state index contributed by atoms with van der Waals surface area (Å²) in [6.07, 6.45) is 54.5. The summed E-state index contributed by atoms with van der Waals surface area (Å²) >= 11 is 0. The number of rotatable bonds is 74. The number of hydrogen-bond donors (Lipinski definition) is 3. The van der Waals surface area contributed by atoms with Gasteiger partial charge in [-0.25, -0.2) is 9.13 Å². The van der Waals surface area contributed by atoms with Gasteiger partial charge in [0.1, 0.15) is 19.3 Å². The van der Waals surface area contributed by atoms with E-state index in [9.17, 15) is 43.2 Å². The second-order valence-electron chi connectivity index (χ2n) is 28.0. The van der Waals surface area contributed by atoms with Crippen molar-refractivity contribution in [3.8, 4) is 0 Å². The zero-order valence-electron chi connectivity index (χ0n) is 61.3. The van der Waals surface area contributed by atoms with E-state index >= 15 is 0 Å². The monoisotopic (exact) mass is 1380 g/mol. The molecule has 0 saturated carbocycles. The first-order valence-electron chi connectivity index (χ1n) is 39.0. The van der Waals surface area contributed by atoms with E-state index < -0.39 is 97.5 Å². The molecule has 0 heterocycles. The van der Waals surface area contributed by atoms with E-state index in [1.165, 1.54) is 199 Å². The van der Waals surface area contributed by atoms with Gasteiger partial charge < -0.3 is 33.8 Å². The molecular formula is C75H146O17P2. The van der Waals surface area contributed by atoms with Gasteiger partial charge in [-0.3, -0.25) is 37.3 Å². The molecule has 0 aliphatic carbocycles. The molecule has 2 unspecified atom stereocenters. The molecule has 0 radical (unpaired) electrons. The fraction of sp³-hybridized carbons (Fsp3) is 0.947. The highest BCUT2D eigenvalue weighted by atomic mass is 31.2. The van der Waals surface area contributed by atoms with Crippen LogP contribution in [0.15, 0.2) is 0 Å². The van der Waals surface area contributed by atoms with Crippen LogP contribution < -0.4 is 0 Å². The highest BCUT2D eigenvalue weighted by Gasteiger charge is 2.30. The molecule has 5 atom stereocenters. The molecule has 0 aromatic heterocycles. The van der Waals surface area contributed by atoms with Crippen LogP contribution in [0.2, 0.25) is 0 Å². The molecule has 17 nitrogen and oxygen atoms in total. The Bertz CT molecular complexity index is 1820. The van der Waals surface area contributed by atoms with Crippen molar-refractivity contribution < 1.29 is 80.2 Å². The lowest BCUT2D eigenvalue weighted by Gasteiger charge is -2.21. The van der Waals surface area contributed by atoms with Crippen molar-refractivity contribution in [3.05, 3.63) is 0 Å². The van der Waals surface area contributed by atoms with Gasteiger partial charge in [0.15, 0.2) is 12.2 Å². The quantitative estimate of drug-likeness (QED) is 0.0222. The van der Waals surface area contributed by atoms with E-state index in [1.807, 2.05) is 0 Å². The number of carbonyl (C=O) groups is 4. The lowest BCUT2D eigenvalue weighted by Crippen LogP contribution is -2.30. The molecule has 0 spiro atoms. The van der Waals surface area contributed by atoms with Crippen molar-refractivity contribution in [1.29, 1.82) is 0 Å². The van der Waals surface area contributed by atoms with Gasteiger partial charge in [-0.2, -0.15) is 0 Å². The average molecular weight is 1380 g/mol. The van der Waals surface area contributed by atoms with E-state index in [0.717, 1.165) is 102 Å². The molecule has 0 aromatic carbocycles. The van der Waals surface area contributed by atoms with Crippen LogP contribution in [0.3, 0.4) is 0 Å². The summed E-state index contributed by atoms with van der Waals surface area (Å²) < 4.78 is 68.3. The summed E-state index contributed by atoms with van der Waals surface area (Å²) in [6, 6.07) is 0. The average Bonchev–Trinajstić information content (AvgIpc) is 1.59. The largest absolute Gasteiger partial charge is 0.472 e. The molecule has 94 heavy (non-hydrogen) atoms. The third-order valence-corrected chi connectivity index (χ3v) is 19.4. The predicted molar refractivity (Wildman–Crippen MR) is 381 cm³/mol. The smallest absolute Gasteiger partial charge is 0.462 e. The first-order chi connectivity index (χ1) is 45.4. The molecule has 19 heteroatoms. The van der Waals surface area contributed by atoms with Crippen molar-refractivity contribution in [2.75, 3.05) is 39.6 Å². The maximum Gasteiger partial charge on any atom is 0.472 e. The van der Waals surface area contributed by atoms with Gasteiger partial charge in [-0.05, 0) is 37.5 Å². The second-order valence-corrected chi connectivity index (χ2v) is 30.9. The van der Waals surface area contributed by atoms with Gasteiger partial charge in [0.05, 0.1) is 26.4 Å². The van der Waals surface area contributed by atoms with E-state index in [4.69, 9.17) is 37.0 Å². The van der Waals surface area contributed by atoms with Gasteiger partial charge in [0, 0.05) is 25.7 Å². The van der Waals surface area contributed by atoms with Crippen molar-refractivity contribution in [2.24, 2.45) is 11.8 Å². The number of phosphoric ester groups is 2. The fourth-order valence-corrected chi connectivity index (χ4v) is 13.1. The number of ether oxygens (including phenoxy) is 4. The third kappa shape index (κ3) is 68.6. The van der Waals surface area contributed by atoms with Crippen LogP contribution in [0.5, 0.6) is 0 Å². The zero-order chi connectivity index (χ0) is 69.3. The summed E-state index contributed by atoms with van der Waals surface area (Å²) in [6.45, 7) is 9.50. The van der Waals surface area contributed by atoms with Gasteiger partial charge in [0.25, 0.3) is 0 Å². The first-order valence-corrected chi connectivity index (χ1v) is 42.0. The van der Waals surface area contributed by atoms with Crippen molar-refractivity contribution in [3.63, 3.8) is 0 Å². The maximum atomic E-state index is 13.1. The highest BCUT2D eigenvalue weighted by Crippen LogP contribution is 2.45. The Labute approximate surface area is 575 Å². The molecule has 0 bridgehead atoms. The summed E-state index contributed by atoms with van der Waals surface area (Å²) in [4.78, 5) is 72.6. The summed E-state index contributed by atoms with van der Waals surface area (Å²) in [5.74, 6) is -0.646. The summed E-state index contributed by atoms with van der Waals surface area (Å²) in [5.41, 5.74) is 0. The number of aliphatic hydroxyl groups excluding tert-OH is 1. The van der Waals surface area contributed by atoms with Crippen LogP contribution in [0.4, 0.5) is 0 Å². The second kappa shape index (κ2) is 66.9. The number of aliphatic hydroxyl groups is 1. The number of carbonyl (C=O) groups excluding carboxylic acids is 4. The SMILES string of the molecule is CCCCCCCCCCCCCCCCCCCCC(=O)OC[C@H](COP(=O)(O)OC[C@@H](O)COP(=O)(O)OC[C@@H](COC(=O)CCCCCCCCCC)OC(=O)CCCCCCCCC(C)C)OC(=O)CCCCCCCCCCCCCCCCCCC(C)C. The molecule has 0 rings (SSSR count). The highest BCUT2D eigenvalue weighted by molar-refractivity contribution is 7.47. The molecule has 0 saturated heterocycles. The normalized spacial score (nSPS) is 14.0. The fourth-order valence-electron chi connectivity index (χ4n) is 11.5. The minimum absolute atomic E-state index is 0.102. The number of hydrogen-bond acceptors (Lipinski definition) is 15. The number of phosphoric acid groups is 2. The van der Waals surface area contributed by atoms with Crippen molar-refractivity contribution in [1.82, 2.24) is 0 Å². The lowest BCUT2D eigenvalue weighted by atomic mass is 10.0. The molecule has 0 amide bonds. The van der Waals surface area contributed by atoms with E-state index in [0.29, 0.717) is 31.6 Å². The minimum atomic E-state index is -4.96. The van der Waals surface area contributed by atoms with Gasteiger partial charge >= 0.3 is 39.5 Å². The Balaban J connectivity index is 5.17. The molecule has 0 aromatic rings. The van der Waals surface area contributed by atoms with Crippen LogP contribution in [0.25, 0.3) is 0 Å². The van der Waals surface area contributed by atoms with Crippen LogP contribution in [-0.4, -0.2) is 96.7 Å². The summed E-state index contributed by atoms with van der Waals surface area (Å²) in [5, 5.41) is 10.6.